The Hall–Kier alpha value is -1.83. The summed E-state index contributed by atoms with van der Waals surface area (Å²) in [7, 11) is 0. The Kier molecular flexibility index (Phi) is 4.77. The van der Waals surface area contributed by atoms with Gasteiger partial charge in [0.25, 0.3) is 0 Å². The molecule has 2 aromatic rings. The van der Waals surface area contributed by atoms with Crippen LogP contribution in [0.5, 0.6) is 5.75 Å². The van der Waals surface area contributed by atoms with Gasteiger partial charge in [-0.15, -0.1) is 11.3 Å². The second-order valence-electron chi connectivity index (χ2n) is 3.72. The van der Waals surface area contributed by atoms with Crippen LogP contribution < -0.4 is 10.1 Å². The second kappa shape index (κ2) is 6.80. The first-order valence-corrected chi connectivity index (χ1v) is 6.57. The van der Waals surface area contributed by atoms with Gasteiger partial charge in [0.1, 0.15) is 23.3 Å². The van der Waals surface area contributed by atoms with Gasteiger partial charge in [-0.25, -0.2) is 0 Å². The van der Waals surface area contributed by atoms with Crippen LogP contribution in [-0.4, -0.2) is 13.2 Å². The predicted octanol–water partition coefficient (Wildman–Crippen LogP) is 2.79. The van der Waals surface area contributed by atoms with E-state index < -0.39 is 0 Å². The number of nitrogens with zero attached hydrogens (tertiary/aromatic N) is 1. The van der Waals surface area contributed by atoms with Crippen molar-refractivity contribution in [2.24, 2.45) is 0 Å². The second-order valence-corrected chi connectivity index (χ2v) is 4.88. The maximum atomic E-state index is 8.71. The van der Waals surface area contributed by atoms with Gasteiger partial charge in [0.05, 0.1) is 0 Å². The Morgan fingerprint density at radius 2 is 2.00 bits per heavy atom. The van der Waals surface area contributed by atoms with Gasteiger partial charge in [-0.2, -0.15) is 5.26 Å². The SMILES string of the molecule is N#Cc1ccc(CNCCOc2ccccc2)s1. The van der Waals surface area contributed by atoms with Crippen LogP contribution in [0.2, 0.25) is 0 Å². The molecule has 0 radical (unpaired) electrons. The summed E-state index contributed by atoms with van der Waals surface area (Å²) in [6.07, 6.45) is 0. The molecule has 1 aromatic carbocycles. The van der Waals surface area contributed by atoms with Crippen LogP contribution >= 0.6 is 11.3 Å². The molecule has 0 aliphatic carbocycles. The molecule has 0 saturated heterocycles. The molecule has 4 heteroatoms. The van der Waals surface area contributed by atoms with Crippen molar-refractivity contribution in [3.05, 3.63) is 52.2 Å². The summed E-state index contributed by atoms with van der Waals surface area (Å²) in [4.78, 5) is 1.93. The van der Waals surface area contributed by atoms with Crippen LogP contribution in [0, 0.1) is 11.3 Å². The number of thiophene rings is 1. The van der Waals surface area contributed by atoms with E-state index in [-0.39, 0.29) is 0 Å². The van der Waals surface area contributed by atoms with E-state index in [0.29, 0.717) is 6.61 Å². The third-order valence-electron chi connectivity index (χ3n) is 2.36. The minimum atomic E-state index is 0.639. The molecule has 0 atom stereocenters. The van der Waals surface area contributed by atoms with E-state index >= 15 is 0 Å². The van der Waals surface area contributed by atoms with Crippen molar-refractivity contribution in [2.45, 2.75) is 6.54 Å². The molecule has 1 aromatic heterocycles. The number of nitrogens with one attached hydrogen (secondary N) is 1. The minimum absolute atomic E-state index is 0.639. The lowest BCUT2D eigenvalue weighted by Crippen LogP contribution is -2.20. The zero-order valence-corrected chi connectivity index (χ0v) is 10.7. The van der Waals surface area contributed by atoms with E-state index in [1.807, 2.05) is 42.5 Å². The first-order chi connectivity index (χ1) is 8.88. The number of hydrogen-bond acceptors (Lipinski definition) is 4. The summed E-state index contributed by atoms with van der Waals surface area (Å²) in [6.45, 7) is 2.21. The molecule has 0 fully saturated rings. The van der Waals surface area contributed by atoms with Crippen LogP contribution in [-0.2, 0) is 6.54 Å². The highest BCUT2D eigenvalue weighted by Gasteiger charge is 1.98. The van der Waals surface area contributed by atoms with Crippen LogP contribution in [0.4, 0.5) is 0 Å². The third kappa shape index (κ3) is 3.88. The van der Waals surface area contributed by atoms with Crippen LogP contribution in [0.3, 0.4) is 0 Å². The van der Waals surface area contributed by atoms with E-state index in [0.717, 1.165) is 23.7 Å². The Morgan fingerprint density at radius 1 is 1.17 bits per heavy atom. The molecule has 0 aliphatic rings. The zero-order chi connectivity index (χ0) is 12.6. The standard InChI is InChI=1S/C14H14N2OS/c15-10-13-6-7-14(18-13)11-16-8-9-17-12-4-2-1-3-5-12/h1-7,16H,8-9,11H2. The number of rotatable bonds is 6. The highest BCUT2D eigenvalue weighted by Crippen LogP contribution is 2.14. The summed E-state index contributed by atoms with van der Waals surface area (Å²) in [5, 5.41) is 12.0. The highest BCUT2D eigenvalue weighted by atomic mass is 32.1. The van der Waals surface area contributed by atoms with E-state index in [1.165, 1.54) is 16.2 Å². The van der Waals surface area contributed by atoms with E-state index in [4.69, 9.17) is 10.00 Å². The molecule has 0 saturated carbocycles. The third-order valence-corrected chi connectivity index (χ3v) is 3.35. The van der Waals surface area contributed by atoms with Gasteiger partial charge in [0.2, 0.25) is 0 Å². The molecule has 0 unspecified atom stereocenters. The van der Waals surface area contributed by atoms with E-state index in [9.17, 15) is 0 Å². The summed E-state index contributed by atoms with van der Waals surface area (Å²) in [6, 6.07) is 15.7. The largest absolute Gasteiger partial charge is 0.492 e. The maximum absolute atomic E-state index is 8.71. The number of hydrogen-bond donors (Lipinski definition) is 1. The van der Waals surface area contributed by atoms with Gasteiger partial charge in [-0.1, -0.05) is 18.2 Å². The number of nitriles is 1. The molecule has 0 bridgehead atoms. The summed E-state index contributed by atoms with van der Waals surface area (Å²) in [5.41, 5.74) is 0. The Labute approximate surface area is 111 Å². The van der Waals surface area contributed by atoms with Crippen LogP contribution in [0.15, 0.2) is 42.5 Å². The average Bonchev–Trinajstić information content (AvgIpc) is 2.87. The van der Waals surface area contributed by atoms with Crippen molar-refractivity contribution in [1.29, 1.82) is 5.26 Å². The summed E-state index contributed by atoms with van der Waals surface area (Å²) < 4.78 is 5.56. The normalized spacial score (nSPS) is 9.94. The zero-order valence-electron chi connectivity index (χ0n) is 9.93. The van der Waals surface area contributed by atoms with Gasteiger partial charge in [0.15, 0.2) is 0 Å². The van der Waals surface area contributed by atoms with Crippen molar-refractivity contribution in [2.75, 3.05) is 13.2 Å². The number of benzene rings is 1. The number of ether oxygens (including phenoxy) is 1. The predicted molar refractivity (Wildman–Crippen MR) is 72.7 cm³/mol. The topological polar surface area (TPSA) is 45.0 Å². The molecule has 1 N–H and O–H groups in total. The van der Waals surface area contributed by atoms with Crippen LogP contribution in [0.25, 0.3) is 0 Å². The molecule has 0 amide bonds. The summed E-state index contributed by atoms with van der Waals surface area (Å²) in [5.74, 6) is 0.891. The fourth-order valence-electron chi connectivity index (χ4n) is 1.50. The fraction of sp³-hybridized carbons (Fsp3) is 0.214. The van der Waals surface area contributed by atoms with Crippen molar-refractivity contribution < 1.29 is 4.74 Å². The van der Waals surface area contributed by atoms with Gasteiger partial charge >= 0.3 is 0 Å². The molecule has 18 heavy (non-hydrogen) atoms. The Balaban J connectivity index is 1.63. The van der Waals surface area contributed by atoms with Gasteiger partial charge in [-0.05, 0) is 24.3 Å². The van der Waals surface area contributed by atoms with Gasteiger partial charge in [-0.3, -0.25) is 0 Å². The number of para-hydroxylation sites is 1. The lowest BCUT2D eigenvalue weighted by Gasteiger charge is -2.06. The molecule has 1 heterocycles. The molecular weight excluding hydrogens is 244 g/mol. The monoisotopic (exact) mass is 258 g/mol. The Morgan fingerprint density at radius 3 is 2.72 bits per heavy atom. The maximum Gasteiger partial charge on any atom is 0.119 e. The minimum Gasteiger partial charge on any atom is -0.492 e. The van der Waals surface area contributed by atoms with Gasteiger partial charge < -0.3 is 10.1 Å². The first-order valence-electron chi connectivity index (χ1n) is 5.76. The fourth-order valence-corrected chi connectivity index (χ4v) is 2.28. The molecule has 92 valence electrons. The average molecular weight is 258 g/mol. The van der Waals surface area contributed by atoms with Crippen molar-refractivity contribution >= 4 is 11.3 Å². The molecule has 0 spiro atoms. The van der Waals surface area contributed by atoms with Crippen molar-refractivity contribution in [1.82, 2.24) is 5.32 Å². The van der Waals surface area contributed by atoms with E-state index in [1.54, 1.807) is 0 Å². The van der Waals surface area contributed by atoms with Crippen LogP contribution in [0.1, 0.15) is 9.75 Å². The smallest absolute Gasteiger partial charge is 0.119 e. The molecule has 2 rings (SSSR count). The quantitative estimate of drug-likeness (QED) is 0.810. The molecule has 0 aliphatic heterocycles. The van der Waals surface area contributed by atoms with Crippen molar-refractivity contribution in [3.63, 3.8) is 0 Å². The lowest BCUT2D eigenvalue weighted by molar-refractivity contribution is 0.314. The lowest BCUT2D eigenvalue weighted by atomic mass is 10.3. The van der Waals surface area contributed by atoms with Crippen molar-refractivity contribution in [3.8, 4) is 11.8 Å². The van der Waals surface area contributed by atoms with Gasteiger partial charge in [0, 0.05) is 18.0 Å². The molecular formula is C14H14N2OS. The molecule has 3 nitrogen and oxygen atoms in total. The summed E-state index contributed by atoms with van der Waals surface area (Å²) >= 11 is 1.52. The van der Waals surface area contributed by atoms with E-state index in [2.05, 4.69) is 11.4 Å². The Bertz CT molecular complexity index is 516. The highest BCUT2D eigenvalue weighted by molar-refractivity contribution is 7.12. The first kappa shape index (κ1) is 12.6.